The zero-order valence-electron chi connectivity index (χ0n) is 19.9. The minimum atomic E-state index is -0.842. The van der Waals surface area contributed by atoms with Gasteiger partial charge in [-0.25, -0.2) is 0 Å². The molecule has 1 unspecified atom stereocenters. The molecule has 1 amide bonds. The summed E-state index contributed by atoms with van der Waals surface area (Å²) in [6.45, 7) is 9.98. The van der Waals surface area contributed by atoms with Crippen LogP contribution in [0.15, 0.2) is 66.5 Å². The highest BCUT2D eigenvalue weighted by Crippen LogP contribution is 2.43. The molecule has 2 aromatic carbocycles. The van der Waals surface area contributed by atoms with Crippen LogP contribution in [0, 0.1) is 13.8 Å². The van der Waals surface area contributed by atoms with E-state index in [9.17, 15) is 14.7 Å². The van der Waals surface area contributed by atoms with Crippen molar-refractivity contribution in [3.63, 3.8) is 0 Å². The van der Waals surface area contributed by atoms with Crippen LogP contribution in [0.2, 0.25) is 5.02 Å². The molecule has 3 aromatic rings. The SMILES string of the molecule is Cc1ccc(N2C(=O)C(=O)/C(=C(/O)c3cc(C(C)(C)C)ccc3C)C2c2cccnc2)cc1Cl. The summed E-state index contributed by atoms with van der Waals surface area (Å²) >= 11 is 6.35. The number of pyridine rings is 1. The Bertz CT molecular complexity index is 1320. The molecule has 0 saturated carbocycles. The van der Waals surface area contributed by atoms with Crippen LogP contribution >= 0.6 is 11.6 Å². The fourth-order valence-corrected chi connectivity index (χ4v) is 4.35. The Kier molecular flexibility index (Phi) is 6.09. The van der Waals surface area contributed by atoms with Crippen molar-refractivity contribution in [1.82, 2.24) is 4.98 Å². The van der Waals surface area contributed by atoms with Crippen molar-refractivity contribution in [2.45, 2.75) is 46.1 Å². The molecule has 1 aromatic heterocycles. The lowest BCUT2D eigenvalue weighted by Crippen LogP contribution is -2.29. The Hall–Kier alpha value is -3.44. The fraction of sp³-hybridized carbons (Fsp3) is 0.250. The van der Waals surface area contributed by atoms with Gasteiger partial charge >= 0.3 is 0 Å². The van der Waals surface area contributed by atoms with Crippen molar-refractivity contribution < 1.29 is 14.7 Å². The van der Waals surface area contributed by atoms with Crippen molar-refractivity contribution in [2.75, 3.05) is 4.90 Å². The number of carbonyl (C=O) groups is 2. The molecule has 0 spiro atoms. The minimum Gasteiger partial charge on any atom is -0.507 e. The van der Waals surface area contributed by atoms with Gasteiger partial charge in [0, 0.05) is 28.7 Å². The third kappa shape index (κ3) is 4.12. The smallest absolute Gasteiger partial charge is 0.300 e. The molecule has 0 radical (unpaired) electrons. The normalized spacial score (nSPS) is 17.9. The lowest BCUT2D eigenvalue weighted by atomic mass is 9.84. The Morgan fingerprint density at radius 2 is 1.74 bits per heavy atom. The van der Waals surface area contributed by atoms with Gasteiger partial charge in [-0.05, 0) is 65.8 Å². The minimum absolute atomic E-state index is 0.0313. The Labute approximate surface area is 204 Å². The van der Waals surface area contributed by atoms with E-state index in [1.807, 2.05) is 32.0 Å². The number of halogens is 1. The molecule has 6 heteroatoms. The first-order valence-electron chi connectivity index (χ1n) is 11.1. The zero-order chi connectivity index (χ0) is 24.8. The first kappa shape index (κ1) is 23.7. The number of aromatic nitrogens is 1. The molecule has 2 heterocycles. The second kappa shape index (κ2) is 8.73. The van der Waals surface area contributed by atoms with Crippen molar-refractivity contribution in [2.24, 2.45) is 0 Å². The lowest BCUT2D eigenvalue weighted by molar-refractivity contribution is -0.132. The number of carbonyl (C=O) groups excluding carboxylic acids is 2. The number of hydrogen-bond donors (Lipinski definition) is 1. The molecular weight excluding hydrogens is 448 g/mol. The molecule has 4 rings (SSSR count). The summed E-state index contributed by atoms with van der Waals surface area (Å²) in [5.74, 6) is -1.67. The Balaban J connectivity index is 1.98. The Morgan fingerprint density at radius 1 is 1.03 bits per heavy atom. The van der Waals surface area contributed by atoms with E-state index in [1.165, 1.54) is 4.90 Å². The summed E-state index contributed by atoms with van der Waals surface area (Å²) in [6, 6.07) is 13.7. The molecule has 5 nitrogen and oxygen atoms in total. The number of rotatable bonds is 3. The van der Waals surface area contributed by atoms with Gasteiger partial charge in [-0.15, -0.1) is 0 Å². The number of aryl methyl sites for hydroxylation is 2. The molecule has 1 fully saturated rings. The van der Waals surface area contributed by atoms with Gasteiger partial charge in [-0.3, -0.25) is 19.5 Å². The van der Waals surface area contributed by atoms with Gasteiger partial charge in [0.1, 0.15) is 5.76 Å². The van der Waals surface area contributed by atoms with Crippen LogP contribution in [0.25, 0.3) is 5.76 Å². The number of hydrogen-bond acceptors (Lipinski definition) is 4. The van der Waals surface area contributed by atoms with Crippen LogP contribution in [-0.4, -0.2) is 21.8 Å². The van der Waals surface area contributed by atoms with Crippen LogP contribution in [0.1, 0.15) is 54.6 Å². The lowest BCUT2D eigenvalue weighted by Gasteiger charge is -2.26. The zero-order valence-corrected chi connectivity index (χ0v) is 20.6. The van der Waals surface area contributed by atoms with Gasteiger partial charge < -0.3 is 5.11 Å². The highest BCUT2D eigenvalue weighted by Gasteiger charge is 2.47. The van der Waals surface area contributed by atoms with Gasteiger partial charge in [0.25, 0.3) is 11.7 Å². The van der Waals surface area contributed by atoms with E-state index in [4.69, 9.17) is 11.6 Å². The van der Waals surface area contributed by atoms with E-state index in [-0.39, 0.29) is 16.7 Å². The highest BCUT2D eigenvalue weighted by molar-refractivity contribution is 6.51. The van der Waals surface area contributed by atoms with E-state index in [1.54, 1.807) is 42.7 Å². The number of aliphatic hydroxyl groups is 1. The van der Waals surface area contributed by atoms with E-state index < -0.39 is 17.7 Å². The molecule has 1 saturated heterocycles. The molecule has 1 aliphatic rings. The first-order chi connectivity index (χ1) is 16.0. The molecule has 0 bridgehead atoms. The van der Waals surface area contributed by atoms with Crippen molar-refractivity contribution in [3.8, 4) is 0 Å². The summed E-state index contributed by atoms with van der Waals surface area (Å²) in [7, 11) is 0. The summed E-state index contributed by atoms with van der Waals surface area (Å²) in [6.07, 6.45) is 3.22. The topological polar surface area (TPSA) is 70.5 Å². The largest absolute Gasteiger partial charge is 0.507 e. The summed E-state index contributed by atoms with van der Waals surface area (Å²) in [5.41, 5.74) is 4.17. The van der Waals surface area contributed by atoms with Crippen molar-refractivity contribution in [3.05, 3.63) is 99.3 Å². The second-order valence-electron chi connectivity index (χ2n) is 9.67. The molecule has 1 N–H and O–H groups in total. The van der Waals surface area contributed by atoms with Crippen molar-refractivity contribution in [1.29, 1.82) is 0 Å². The number of ketones is 1. The van der Waals surface area contributed by atoms with Gasteiger partial charge in [-0.1, -0.05) is 56.6 Å². The molecule has 1 aliphatic heterocycles. The van der Waals surface area contributed by atoms with E-state index in [0.29, 0.717) is 21.8 Å². The molecule has 1 atom stereocenters. The third-order valence-electron chi connectivity index (χ3n) is 6.24. The van der Waals surface area contributed by atoms with Crippen LogP contribution in [0.4, 0.5) is 5.69 Å². The average molecular weight is 475 g/mol. The van der Waals surface area contributed by atoms with Gasteiger partial charge in [0.05, 0.1) is 11.6 Å². The number of benzene rings is 2. The van der Waals surface area contributed by atoms with Crippen LogP contribution in [0.5, 0.6) is 0 Å². The average Bonchev–Trinajstić information content (AvgIpc) is 3.06. The van der Waals surface area contributed by atoms with E-state index in [2.05, 4.69) is 25.8 Å². The summed E-state index contributed by atoms with van der Waals surface area (Å²) < 4.78 is 0. The highest BCUT2D eigenvalue weighted by atomic mass is 35.5. The number of Topliss-reactive ketones (excluding diaryl/α,β-unsaturated/α-hetero) is 1. The van der Waals surface area contributed by atoms with Gasteiger partial charge in [-0.2, -0.15) is 0 Å². The first-order valence-corrected chi connectivity index (χ1v) is 11.5. The maximum Gasteiger partial charge on any atom is 0.300 e. The number of anilines is 1. The molecule has 174 valence electrons. The van der Waals surface area contributed by atoms with Crippen molar-refractivity contribution >= 4 is 34.7 Å². The van der Waals surface area contributed by atoms with E-state index >= 15 is 0 Å². The fourth-order valence-electron chi connectivity index (χ4n) is 4.17. The predicted molar refractivity (Wildman–Crippen MR) is 135 cm³/mol. The molecular formula is C28H27ClN2O3. The molecule has 0 aliphatic carbocycles. The monoisotopic (exact) mass is 474 g/mol. The number of amides is 1. The van der Waals surface area contributed by atoms with Gasteiger partial charge in [0.15, 0.2) is 0 Å². The number of nitrogens with zero attached hydrogens (tertiary/aromatic N) is 2. The standard InChI is InChI=1S/C28H27ClN2O3/c1-16-8-10-19(28(3,4)5)13-21(16)25(32)23-24(18-7-6-12-30-15-18)31(27(34)26(23)33)20-11-9-17(2)22(29)14-20/h6-15,24,32H,1-5H3/b25-23+. The third-order valence-corrected chi connectivity index (χ3v) is 6.64. The number of aliphatic hydroxyl groups excluding tert-OH is 1. The maximum absolute atomic E-state index is 13.4. The molecule has 34 heavy (non-hydrogen) atoms. The predicted octanol–water partition coefficient (Wildman–Crippen LogP) is 6.28. The summed E-state index contributed by atoms with van der Waals surface area (Å²) in [5, 5.41) is 12.0. The van der Waals surface area contributed by atoms with Crippen LogP contribution in [0.3, 0.4) is 0 Å². The van der Waals surface area contributed by atoms with E-state index in [0.717, 1.165) is 16.7 Å². The second-order valence-corrected chi connectivity index (χ2v) is 10.1. The van der Waals surface area contributed by atoms with Crippen LogP contribution < -0.4 is 4.90 Å². The Morgan fingerprint density at radius 3 is 2.35 bits per heavy atom. The summed E-state index contributed by atoms with van der Waals surface area (Å²) in [4.78, 5) is 32.3. The van der Waals surface area contributed by atoms with Crippen LogP contribution in [-0.2, 0) is 15.0 Å². The maximum atomic E-state index is 13.4. The van der Waals surface area contributed by atoms with Gasteiger partial charge in [0.2, 0.25) is 0 Å². The quantitative estimate of drug-likeness (QED) is 0.275.